The highest BCUT2D eigenvalue weighted by Gasteiger charge is 2.71. The van der Waals surface area contributed by atoms with Gasteiger partial charge in [-0.1, -0.05) is 46.3 Å². The van der Waals surface area contributed by atoms with Crippen LogP contribution in [-0.2, 0) is 24.5 Å². The lowest BCUT2D eigenvalue weighted by Crippen LogP contribution is -2.66. The van der Waals surface area contributed by atoms with Gasteiger partial charge in [0.1, 0.15) is 12.7 Å². The standard InChI is InChI=1S/C35H45N3O5/c1-20-37-38-29(43-20)35-13-11-30(3,4)17-23(35)27-24(40)15-26-31(5)16-22(18-36)28(41)32(6,19-42-21(2)39)25(31)9-10-33(26,7)34(27,8)12-14-35/h15-16,23,25,27H,9-14,17,19H2,1-8H3/t23-,25+,27-,31-,32-,33+,34+,35-/m0/s1. The van der Waals surface area contributed by atoms with E-state index in [1.807, 2.05) is 26.0 Å². The van der Waals surface area contributed by atoms with Crippen LogP contribution in [0.25, 0.3) is 0 Å². The van der Waals surface area contributed by atoms with Crippen molar-refractivity contribution in [2.75, 3.05) is 6.61 Å². The summed E-state index contributed by atoms with van der Waals surface area (Å²) >= 11 is 0. The molecule has 1 aromatic heterocycles. The zero-order chi connectivity index (χ0) is 31.4. The van der Waals surface area contributed by atoms with Crippen molar-refractivity contribution in [2.45, 2.75) is 106 Å². The van der Waals surface area contributed by atoms with Gasteiger partial charge in [0.15, 0.2) is 11.6 Å². The Bertz CT molecular complexity index is 1530. The molecule has 0 N–H and O–H groups in total. The van der Waals surface area contributed by atoms with Crippen LogP contribution >= 0.6 is 0 Å². The summed E-state index contributed by atoms with van der Waals surface area (Å²) in [6, 6.07) is 2.15. The summed E-state index contributed by atoms with van der Waals surface area (Å²) in [5.41, 5.74) is -1.59. The Morgan fingerprint density at radius 2 is 1.77 bits per heavy atom. The fourth-order valence-corrected chi connectivity index (χ4v) is 10.8. The van der Waals surface area contributed by atoms with Gasteiger partial charge in [0.05, 0.1) is 16.4 Å². The molecule has 1 heterocycles. The minimum atomic E-state index is -1.06. The number of Topliss-reactive ketones (excluding diaryl/α,β-unsaturated/α-hetero) is 1. The summed E-state index contributed by atoms with van der Waals surface area (Å²) in [4.78, 5) is 40.3. The Balaban J connectivity index is 1.51. The Morgan fingerprint density at radius 1 is 1.07 bits per heavy atom. The van der Waals surface area contributed by atoms with Gasteiger partial charge in [0, 0.05) is 25.2 Å². The average molecular weight is 588 g/mol. The molecule has 3 fully saturated rings. The Hall–Kier alpha value is -3.08. The Kier molecular flexibility index (Phi) is 6.42. The highest BCUT2D eigenvalue weighted by atomic mass is 16.5. The highest BCUT2D eigenvalue weighted by molar-refractivity contribution is 6.05. The van der Waals surface area contributed by atoms with Gasteiger partial charge >= 0.3 is 5.97 Å². The summed E-state index contributed by atoms with van der Waals surface area (Å²) < 4.78 is 11.6. The lowest BCUT2D eigenvalue weighted by molar-refractivity contribution is -0.165. The number of allylic oxidation sites excluding steroid dienone is 4. The summed E-state index contributed by atoms with van der Waals surface area (Å²) in [6.45, 7) is 16.3. The molecule has 8 heteroatoms. The second-order valence-corrected chi connectivity index (χ2v) is 16.0. The molecular weight excluding hydrogens is 542 g/mol. The fraction of sp³-hybridized carbons (Fsp3) is 0.714. The number of aryl methyl sites for hydroxylation is 1. The molecule has 6 rings (SSSR count). The molecule has 5 aliphatic carbocycles. The van der Waals surface area contributed by atoms with E-state index in [1.54, 1.807) is 0 Å². The largest absolute Gasteiger partial charge is 0.465 e. The lowest BCUT2D eigenvalue weighted by atomic mass is 9.34. The first-order chi connectivity index (χ1) is 20.0. The molecule has 43 heavy (non-hydrogen) atoms. The number of aromatic nitrogens is 2. The molecule has 0 aliphatic heterocycles. The van der Waals surface area contributed by atoms with Crippen LogP contribution in [0.5, 0.6) is 0 Å². The van der Waals surface area contributed by atoms with Crippen LogP contribution in [0.3, 0.4) is 0 Å². The van der Waals surface area contributed by atoms with Gasteiger partial charge in [-0.3, -0.25) is 14.4 Å². The minimum absolute atomic E-state index is 0.0647. The number of nitrogens with zero attached hydrogens (tertiary/aromatic N) is 3. The molecule has 0 unspecified atom stereocenters. The fourth-order valence-electron chi connectivity index (χ4n) is 10.8. The number of nitriles is 1. The quantitative estimate of drug-likeness (QED) is 0.373. The predicted octanol–water partition coefficient (Wildman–Crippen LogP) is 6.39. The summed E-state index contributed by atoms with van der Waals surface area (Å²) in [7, 11) is 0. The number of ketones is 2. The molecule has 0 aromatic carbocycles. The third-order valence-corrected chi connectivity index (χ3v) is 13.2. The van der Waals surface area contributed by atoms with Crippen molar-refractivity contribution in [2.24, 2.45) is 44.8 Å². The third kappa shape index (κ3) is 3.88. The Morgan fingerprint density at radius 3 is 2.40 bits per heavy atom. The van der Waals surface area contributed by atoms with Crippen LogP contribution < -0.4 is 0 Å². The van der Waals surface area contributed by atoms with Gasteiger partial charge in [-0.25, -0.2) is 0 Å². The first-order valence-corrected chi connectivity index (χ1v) is 15.9. The van der Waals surface area contributed by atoms with E-state index in [4.69, 9.17) is 9.15 Å². The molecule has 0 radical (unpaired) electrons. The molecule has 0 amide bonds. The van der Waals surface area contributed by atoms with E-state index >= 15 is 0 Å². The minimum Gasteiger partial charge on any atom is -0.465 e. The zero-order valence-corrected chi connectivity index (χ0v) is 26.9. The van der Waals surface area contributed by atoms with E-state index in [-0.39, 0.29) is 63.2 Å². The average Bonchev–Trinajstić information content (AvgIpc) is 3.37. The summed E-state index contributed by atoms with van der Waals surface area (Å²) in [5.74, 6) is 0.276. The van der Waals surface area contributed by atoms with Crippen molar-refractivity contribution in [3.63, 3.8) is 0 Å². The smallest absolute Gasteiger partial charge is 0.302 e. The van der Waals surface area contributed by atoms with Crippen molar-refractivity contribution < 1.29 is 23.5 Å². The number of carbonyl (C=O) groups excluding carboxylic acids is 3. The number of rotatable bonds is 3. The van der Waals surface area contributed by atoms with E-state index in [2.05, 4.69) is 50.9 Å². The van der Waals surface area contributed by atoms with E-state index in [0.717, 1.165) is 50.5 Å². The normalized spacial score (nSPS) is 43.2. The van der Waals surface area contributed by atoms with Crippen molar-refractivity contribution in [3.8, 4) is 6.07 Å². The summed E-state index contributed by atoms with van der Waals surface area (Å²) in [6.07, 6.45) is 9.84. The molecule has 0 spiro atoms. The van der Waals surface area contributed by atoms with Crippen LogP contribution in [-0.4, -0.2) is 34.3 Å². The topological polar surface area (TPSA) is 123 Å². The second-order valence-electron chi connectivity index (χ2n) is 16.0. The zero-order valence-electron chi connectivity index (χ0n) is 26.9. The van der Waals surface area contributed by atoms with E-state index in [0.29, 0.717) is 11.8 Å². The third-order valence-electron chi connectivity index (χ3n) is 13.2. The maximum Gasteiger partial charge on any atom is 0.302 e. The van der Waals surface area contributed by atoms with Crippen LogP contribution in [0.15, 0.2) is 27.7 Å². The number of fused-ring (bicyclic) bond motifs is 7. The highest BCUT2D eigenvalue weighted by Crippen LogP contribution is 2.74. The van der Waals surface area contributed by atoms with Crippen LogP contribution in [0.4, 0.5) is 0 Å². The van der Waals surface area contributed by atoms with E-state index in [9.17, 15) is 19.6 Å². The molecule has 8 atom stereocenters. The van der Waals surface area contributed by atoms with Gasteiger partial charge in [-0.2, -0.15) is 5.26 Å². The number of hydrogen-bond acceptors (Lipinski definition) is 8. The number of carbonyl (C=O) groups is 3. The van der Waals surface area contributed by atoms with Gasteiger partial charge in [-0.15, -0.1) is 10.2 Å². The molecule has 8 nitrogen and oxygen atoms in total. The lowest BCUT2D eigenvalue weighted by Gasteiger charge is -2.68. The predicted molar refractivity (Wildman–Crippen MR) is 158 cm³/mol. The molecule has 230 valence electrons. The monoisotopic (exact) mass is 587 g/mol. The van der Waals surface area contributed by atoms with Crippen molar-refractivity contribution in [1.29, 1.82) is 5.26 Å². The second kappa shape index (κ2) is 9.22. The van der Waals surface area contributed by atoms with Crippen molar-refractivity contribution in [3.05, 3.63) is 35.1 Å². The first kappa shape index (κ1) is 30.0. The van der Waals surface area contributed by atoms with E-state index in [1.165, 1.54) is 6.92 Å². The number of ether oxygens (including phenoxy) is 1. The van der Waals surface area contributed by atoms with E-state index < -0.39 is 16.8 Å². The SMILES string of the molecule is CC(=O)OC[C@]1(C)C(=O)C(C#N)=C[C@]2(C)C3=CC(=O)[C@@H]4[C@@H]5CC(C)(C)CC[C@]5(c5nnc(C)o5)CC[C@@]4(C)[C@]3(C)CC[C@H]21. The van der Waals surface area contributed by atoms with Crippen LogP contribution in [0.2, 0.25) is 0 Å². The van der Waals surface area contributed by atoms with Crippen LogP contribution in [0, 0.1) is 63.1 Å². The first-order valence-electron chi connectivity index (χ1n) is 15.9. The van der Waals surface area contributed by atoms with Gasteiger partial charge in [-0.05, 0) is 86.0 Å². The van der Waals surface area contributed by atoms with Gasteiger partial charge in [0.25, 0.3) is 0 Å². The van der Waals surface area contributed by atoms with Crippen molar-refractivity contribution in [1.82, 2.24) is 10.2 Å². The molecule has 0 bridgehead atoms. The van der Waals surface area contributed by atoms with Gasteiger partial charge in [0.2, 0.25) is 11.8 Å². The molecule has 3 saturated carbocycles. The molecule has 0 saturated heterocycles. The maximum atomic E-state index is 14.7. The number of hydrogen-bond donors (Lipinski definition) is 0. The maximum absolute atomic E-state index is 14.7. The molecule has 5 aliphatic rings. The Labute approximate surface area is 254 Å². The van der Waals surface area contributed by atoms with Crippen molar-refractivity contribution >= 4 is 17.5 Å². The summed E-state index contributed by atoms with van der Waals surface area (Å²) in [5, 5.41) is 18.9. The molecule has 1 aromatic rings. The van der Waals surface area contributed by atoms with Crippen LogP contribution in [0.1, 0.15) is 105 Å². The molecular formula is C35H45N3O5. The van der Waals surface area contributed by atoms with Gasteiger partial charge < -0.3 is 9.15 Å². The number of esters is 1.